The first-order chi connectivity index (χ1) is 8.61. The number of anilines is 2. The van der Waals surface area contributed by atoms with Crippen LogP contribution in [0.25, 0.3) is 0 Å². The predicted octanol–water partition coefficient (Wildman–Crippen LogP) is 1.77. The van der Waals surface area contributed by atoms with Crippen molar-refractivity contribution in [2.75, 3.05) is 30.3 Å². The molecule has 100 valence electrons. The minimum Gasteiger partial charge on any atom is -0.491 e. The SMILES string of the molecule is CCOc1cc(N2CCCC(O)C2)c(N)cc1F. The molecule has 1 heterocycles. The number of piperidine rings is 1. The summed E-state index contributed by atoms with van der Waals surface area (Å²) in [6.45, 7) is 3.56. The second-order valence-corrected chi connectivity index (χ2v) is 4.52. The van der Waals surface area contributed by atoms with Gasteiger partial charge in [0.25, 0.3) is 0 Å². The van der Waals surface area contributed by atoms with Crippen LogP contribution in [0.15, 0.2) is 12.1 Å². The number of halogens is 1. The van der Waals surface area contributed by atoms with Gasteiger partial charge in [-0.15, -0.1) is 0 Å². The van der Waals surface area contributed by atoms with Crippen molar-refractivity contribution in [2.24, 2.45) is 0 Å². The highest BCUT2D eigenvalue weighted by atomic mass is 19.1. The maximum absolute atomic E-state index is 13.6. The molecule has 1 aromatic rings. The van der Waals surface area contributed by atoms with E-state index in [2.05, 4.69) is 0 Å². The zero-order valence-corrected chi connectivity index (χ0v) is 10.5. The Labute approximate surface area is 106 Å². The quantitative estimate of drug-likeness (QED) is 0.807. The summed E-state index contributed by atoms with van der Waals surface area (Å²) in [7, 11) is 0. The second-order valence-electron chi connectivity index (χ2n) is 4.52. The molecule has 1 fully saturated rings. The average Bonchev–Trinajstić information content (AvgIpc) is 2.33. The Morgan fingerprint density at radius 2 is 2.33 bits per heavy atom. The van der Waals surface area contributed by atoms with E-state index in [-0.39, 0.29) is 11.9 Å². The maximum Gasteiger partial charge on any atom is 0.167 e. The zero-order chi connectivity index (χ0) is 13.1. The van der Waals surface area contributed by atoms with Crippen LogP contribution in [0.5, 0.6) is 5.75 Å². The van der Waals surface area contributed by atoms with Crippen molar-refractivity contribution < 1.29 is 14.2 Å². The maximum atomic E-state index is 13.6. The van der Waals surface area contributed by atoms with E-state index in [0.29, 0.717) is 18.8 Å². The van der Waals surface area contributed by atoms with E-state index < -0.39 is 5.82 Å². The molecule has 1 aromatic carbocycles. The molecule has 0 aliphatic carbocycles. The fraction of sp³-hybridized carbons (Fsp3) is 0.538. The van der Waals surface area contributed by atoms with Gasteiger partial charge in [-0.3, -0.25) is 0 Å². The van der Waals surface area contributed by atoms with Crippen molar-refractivity contribution in [3.05, 3.63) is 17.9 Å². The monoisotopic (exact) mass is 254 g/mol. The molecule has 3 N–H and O–H groups in total. The molecule has 1 aliphatic heterocycles. The van der Waals surface area contributed by atoms with E-state index in [9.17, 15) is 9.50 Å². The van der Waals surface area contributed by atoms with Crippen LogP contribution in [0.1, 0.15) is 19.8 Å². The van der Waals surface area contributed by atoms with Gasteiger partial charge in [0.15, 0.2) is 11.6 Å². The summed E-state index contributed by atoms with van der Waals surface area (Å²) in [5.41, 5.74) is 6.96. The Kier molecular flexibility index (Phi) is 3.91. The highest BCUT2D eigenvalue weighted by molar-refractivity contribution is 5.70. The Morgan fingerprint density at radius 1 is 1.56 bits per heavy atom. The molecule has 0 saturated carbocycles. The Balaban J connectivity index is 2.28. The van der Waals surface area contributed by atoms with Crippen molar-refractivity contribution in [3.63, 3.8) is 0 Å². The minimum absolute atomic E-state index is 0.210. The molecule has 1 saturated heterocycles. The van der Waals surface area contributed by atoms with Crippen molar-refractivity contribution in [1.29, 1.82) is 0 Å². The number of benzene rings is 1. The number of aliphatic hydroxyl groups excluding tert-OH is 1. The summed E-state index contributed by atoms with van der Waals surface area (Å²) in [5, 5.41) is 9.67. The normalized spacial score (nSPS) is 19.9. The molecule has 18 heavy (non-hydrogen) atoms. The van der Waals surface area contributed by atoms with Crippen LogP contribution in [0.3, 0.4) is 0 Å². The third-order valence-corrected chi connectivity index (χ3v) is 3.12. The molecule has 1 unspecified atom stereocenters. The molecule has 5 heteroatoms. The largest absolute Gasteiger partial charge is 0.491 e. The Hall–Kier alpha value is -1.49. The zero-order valence-electron chi connectivity index (χ0n) is 10.5. The number of ether oxygens (including phenoxy) is 1. The first-order valence-electron chi connectivity index (χ1n) is 6.26. The van der Waals surface area contributed by atoms with Gasteiger partial charge in [0.1, 0.15) is 0 Å². The van der Waals surface area contributed by atoms with Crippen LogP contribution in [0.2, 0.25) is 0 Å². The van der Waals surface area contributed by atoms with Crippen molar-refractivity contribution in [1.82, 2.24) is 0 Å². The summed E-state index contributed by atoms with van der Waals surface area (Å²) in [4.78, 5) is 1.98. The van der Waals surface area contributed by atoms with Crippen molar-refractivity contribution in [2.45, 2.75) is 25.9 Å². The predicted molar refractivity (Wildman–Crippen MR) is 69.4 cm³/mol. The third kappa shape index (κ3) is 2.67. The van der Waals surface area contributed by atoms with Crippen LogP contribution < -0.4 is 15.4 Å². The van der Waals surface area contributed by atoms with Crippen LogP contribution >= 0.6 is 0 Å². The lowest BCUT2D eigenvalue weighted by Crippen LogP contribution is -2.38. The van der Waals surface area contributed by atoms with Gasteiger partial charge >= 0.3 is 0 Å². The summed E-state index contributed by atoms with van der Waals surface area (Å²) in [6.07, 6.45) is 1.36. The molecule has 0 radical (unpaired) electrons. The molecule has 0 amide bonds. The molecule has 1 aliphatic rings. The van der Waals surface area contributed by atoms with Gasteiger partial charge in [0.05, 0.1) is 24.1 Å². The lowest BCUT2D eigenvalue weighted by Gasteiger charge is -2.33. The number of nitrogens with zero attached hydrogens (tertiary/aromatic N) is 1. The molecule has 2 rings (SSSR count). The van der Waals surface area contributed by atoms with Crippen molar-refractivity contribution in [3.8, 4) is 5.75 Å². The number of rotatable bonds is 3. The Bertz CT molecular complexity index is 426. The molecule has 0 aromatic heterocycles. The van der Waals surface area contributed by atoms with Crippen LogP contribution in [0.4, 0.5) is 15.8 Å². The average molecular weight is 254 g/mol. The fourth-order valence-corrected chi connectivity index (χ4v) is 2.27. The van der Waals surface area contributed by atoms with Crippen molar-refractivity contribution >= 4 is 11.4 Å². The van der Waals surface area contributed by atoms with E-state index in [0.717, 1.165) is 25.1 Å². The van der Waals surface area contributed by atoms with Crippen LogP contribution in [0, 0.1) is 5.82 Å². The molecular formula is C13H19FN2O2. The van der Waals surface area contributed by atoms with E-state index in [1.54, 1.807) is 13.0 Å². The Morgan fingerprint density at radius 3 is 3.00 bits per heavy atom. The standard InChI is InChI=1S/C13H19FN2O2/c1-2-18-13-7-12(11(15)6-10(13)14)16-5-3-4-9(17)8-16/h6-7,9,17H,2-5,8,15H2,1H3. The molecule has 1 atom stereocenters. The first kappa shape index (κ1) is 13.0. The van der Waals surface area contributed by atoms with Crippen LogP contribution in [-0.4, -0.2) is 30.9 Å². The van der Waals surface area contributed by atoms with Gasteiger partial charge in [0, 0.05) is 25.2 Å². The van der Waals surface area contributed by atoms with Gasteiger partial charge < -0.3 is 20.5 Å². The van der Waals surface area contributed by atoms with E-state index >= 15 is 0 Å². The topological polar surface area (TPSA) is 58.7 Å². The number of aliphatic hydroxyl groups is 1. The smallest absolute Gasteiger partial charge is 0.167 e. The van der Waals surface area contributed by atoms with E-state index in [1.165, 1.54) is 6.07 Å². The molecule has 4 nitrogen and oxygen atoms in total. The van der Waals surface area contributed by atoms with Gasteiger partial charge in [0.2, 0.25) is 0 Å². The van der Waals surface area contributed by atoms with E-state index in [4.69, 9.17) is 10.5 Å². The van der Waals surface area contributed by atoms with E-state index in [1.807, 2.05) is 4.90 Å². The molecular weight excluding hydrogens is 235 g/mol. The second kappa shape index (κ2) is 5.44. The lowest BCUT2D eigenvalue weighted by atomic mass is 10.1. The highest BCUT2D eigenvalue weighted by Gasteiger charge is 2.21. The highest BCUT2D eigenvalue weighted by Crippen LogP contribution is 2.32. The fourth-order valence-electron chi connectivity index (χ4n) is 2.27. The van der Waals surface area contributed by atoms with Crippen LogP contribution in [-0.2, 0) is 0 Å². The number of nitrogens with two attached hydrogens (primary N) is 1. The summed E-state index contributed by atoms with van der Waals surface area (Å²) < 4.78 is 18.8. The lowest BCUT2D eigenvalue weighted by molar-refractivity contribution is 0.154. The third-order valence-electron chi connectivity index (χ3n) is 3.12. The van der Waals surface area contributed by atoms with Gasteiger partial charge in [-0.25, -0.2) is 4.39 Å². The summed E-state index contributed by atoms with van der Waals surface area (Å²) >= 11 is 0. The summed E-state index contributed by atoms with van der Waals surface area (Å²) in [6, 6.07) is 2.90. The number of nitrogen functional groups attached to an aromatic ring is 1. The molecule has 0 bridgehead atoms. The minimum atomic E-state index is -0.448. The first-order valence-corrected chi connectivity index (χ1v) is 6.26. The number of hydrogen-bond acceptors (Lipinski definition) is 4. The summed E-state index contributed by atoms with van der Waals surface area (Å²) in [5.74, 6) is -0.238. The number of hydrogen-bond donors (Lipinski definition) is 2. The molecule has 0 spiro atoms. The van der Waals surface area contributed by atoms with Gasteiger partial charge in [-0.1, -0.05) is 0 Å². The number of β-amino-alcohol motifs (C(OH)–C–C–N with tert-alkyl or cyclic N) is 1. The van der Waals surface area contributed by atoms with Gasteiger partial charge in [-0.05, 0) is 19.8 Å². The van der Waals surface area contributed by atoms with Gasteiger partial charge in [-0.2, -0.15) is 0 Å².